The van der Waals surface area contributed by atoms with Crippen LogP contribution in [0.5, 0.6) is 5.75 Å². The number of rotatable bonds is 10. The van der Waals surface area contributed by atoms with E-state index >= 15 is 0 Å². The quantitative estimate of drug-likeness (QED) is 0.375. The van der Waals surface area contributed by atoms with E-state index < -0.39 is 0 Å². The van der Waals surface area contributed by atoms with Gasteiger partial charge < -0.3 is 9.47 Å². The highest BCUT2D eigenvalue weighted by atomic mass is 35.7. The molecule has 0 N–H and O–H groups in total. The fourth-order valence-electron chi connectivity index (χ4n) is 1.60. The molecule has 0 radical (unpaired) electrons. The maximum Gasteiger partial charge on any atom is 0.306 e. The summed E-state index contributed by atoms with van der Waals surface area (Å²) in [6.07, 6.45) is 2.27. The van der Waals surface area contributed by atoms with Crippen molar-refractivity contribution in [3.63, 3.8) is 0 Å². The van der Waals surface area contributed by atoms with Gasteiger partial charge in [-0.15, -0.1) is 0 Å². The minimum absolute atomic E-state index is 0.215. The van der Waals surface area contributed by atoms with Gasteiger partial charge in [-0.25, -0.2) is 4.31 Å². The number of carbonyl (C=O) groups excluding carboxylic acids is 1. The van der Waals surface area contributed by atoms with Crippen LogP contribution in [0.3, 0.4) is 0 Å². The molecular weight excluding hydrogens is 298 g/mol. The van der Waals surface area contributed by atoms with Gasteiger partial charge in [0.15, 0.2) is 0 Å². The van der Waals surface area contributed by atoms with Gasteiger partial charge in [-0.2, -0.15) is 0 Å². The van der Waals surface area contributed by atoms with Gasteiger partial charge in [0.2, 0.25) is 0 Å². The zero-order valence-corrected chi connectivity index (χ0v) is 13.2. The molecule has 0 aliphatic carbocycles. The molecule has 0 bridgehead atoms. The minimum atomic E-state index is -0.215. The first-order valence-electron chi connectivity index (χ1n) is 6.54. The smallest absolute Gasteiger partial charge is 0.306 e. The summed E-state index contributed by atoms with van der Waals surface area (Å²) in [5, 5.41) is 0. The van der Waals surface area contributed by atoms with E-state index in [4.69, 9.17) is 15.4 Å². The summed E-state index contributed by atoms with van der Waals surface area (Å²) in [5.74, 6) is 0.676. The number of nitrogens with zero attached hydrogens (tertiary/aromatic N) is 1. The van der Waals surface area contributed by atoms with Crippen molar-refractivity contribution in [1.82, 2.24) is 4.31 Å². The topological polar surface area (TPSA) is 38.8 Å². The van der Waals surface area contributed by atoms with Crippen LogP contribution in [-0.4, -0.2) is 37.1 Å². The van der Waals surface area contributed by atoms with E-state index in [0.717, 1.165) is 36.3 Å². The van der Waals surface area contributed by atoms with Crippen molar-refractivity contribution < 1.29 is 14.3 Å². The third-order valence-electron chi connectivity index (χ3n) is 2.70. The number of carbonyl (C=O) groups is 1. The summed E-state index contributed by atoms with van der Waals surface area (Å²) in [5.41, 5.74) is 0. The third kappa shape index (κ3) is 7.62. The monoisotopic (exact) mass is 317 g/mol. The van der Waals surface area contributed by atoms with E-state index in [0.29, 0.717) is 19.6 Å². The first-order valence-corrected chi connectivity index (χ1v) is 8.14. The average molecular weight is 318 g/mol. The van der Waals surface area contributed by atoms with Gasteiger partial charge in [-0.1, -0.05) is 18.2 Å². The Morgan fingerprint density at radius 1 is 1.25 bits per heavy atom. The summed E-state index contributed by atoms with van der Waals surface area (Å²) in [6, 6.07) is 9.75. The third-order valence-corrected chi connectivity index (χ3v) is 3.85. The highest BCUT2D eigenvalue weighted by Gasteiger charge is 2.08. The summed E-state index contributed by atoms with van der Waals surface area (Å²) in [7, 11) is 7.15. The lowest BCUT2D eigenvalue weighted by Gasteiger charge is -2.16. The molecule has 0 amide bonds. The normalized spacial score (nSPS) is 10.6. The Morgan fingerprint density at radius 2 is 2.00 bits per heavy atom. The van der Waals surface area contributed by atoms with Crippen LogP contribution in [0.15, 0.2) is 30.3 Å². The van der Waals surface area contributed by atoms with Crippen molar-refractivity contribution in [2.24, 2.45) is 0 Å². The number of hydrogen-bond acceptors (Lipinski definition) is 5. The fraction of sp³-hybridized carbons (Fsp3) is 0.500. The number of methoxy groups -OCH3 is 1. The first kappa shape index (κ1) is 17.1. The van der Waals surface area contributed by atoms with E-state index in [1.54, 1.807) is 0 Å². The maximum atomic E-state index is 11.0. The van der Waals surface area contributed by atoms with Crippen molar-refractivity contribution in [3.8, 4) is 5.75 Å². The van der Waals surface area contributed by atoms with E-state index in [1.165, 1.54) is 7.11 Å². The Balaban J connectivity index is 2.08. The molecule has 1 rings (SSSR count). The van der Waals surface area contributed by atoms with Crippen LogP contribution < -0.4 is 4.74 Å². The lowest BCUT2D eigenvalue weighted by atomic mass is 10.3. The molecule has 112 valence electrons. The predicted molar refractivity (Wildman–Crippen MR) is 82.8 cm³/mol. The maximum absolute atomic E-state index is 11.0. The minimum Gasteiger partial charge on any atom is -0.494 e. The summed E-state index contributed by atoms with van der Waals surface area (Å²) in [4.78, 5) is 11.0. The highest BCUT2D eigenvalue weighted by molar-refractivity contribution is 8.19. The predicted octanol–water partition coefficient (Wildman–Crippen LogP) is 3.51. The molecule has 0 unspecified atom stereocenters. The van der Waals surface area contributed by atoms with Crippen molar-refractivity contribution in [3.05, 3.63) is 30.3 Å². The lowest BCUT2D eigenvalue weighted by molar-refractivity contribution is -0.140. The van der Waals surface area contributed by atoms with Gasteiger partial charge in [0.1, 0.15) is 5.75 Å². The van der Waals surface area contributed by atoms with Crippen LogP contribution in [0.4, 0.5) is 0 Å². The molecule has 4 nitrogen and oxygen atoms in total. The van der Waals surface area contributed by atoms with E-state index in [9.17, 15) is 4.79 Å². The summed E-state index contributed by atoms with van der Waals surface area (Å²) < 4.78 is 12.1. The Morgan fingerprint density at radius 3 is 2.65 bits per heavy atom. The SMILES string of the molecule is COC(=O)CCN(CCCCOc1ccccc1)SCl. The van der Waals surface area contributed by atoms with Crippen LogP contribution in [0.1, 0.15) is 19.3 Å². The molecule has 0 atom stereocenters. The molecule has 0 aromatic heterocycles. The average Bonchev–Trinajstić information content (AvgIpc) is 2.50. The van der Waals surface area contributed by atoms with E-state index in [2.05, 4.69) is 4.74 Å². The van der Waals surface area contributed by atoms with Crippen LogP contribution in [0.2, 0.25) is 0 Å². The first-order chi connectivity index (χ1) is 9.76. The second-order valence-corrected chi connectivity index (χ2v) is 5.26. The van der Waals surface area contributed by atoms with Crippen LogP contribution in [-0.2, 0) is 9.53 Å². The van der Waals surface area contributed by atoms with Crippen molar-refractivity contribution in [1.29, 1.82) is 0 Å². The molecule has 0 aliphatic heterocycles. The Labute approximate surface area is 129 Å². The zero-order chi connectivity index (χ0) is 14.6. The number of esters is 1. The molecule has 20 heavy (non-hydrogen) atoms. The zero-order valence-electron chi connectivity index (χ0n) is 11.6. The number of ether oxygens (including phenoxy) is 2. The van der Waals surface area contributed by atoms with Crippen LogP contribution in [0, 0.1) is 0 Å². The number of hydrogen-bond donors (Lipinski definition) is 0. The molecule has 0 spiro atoms. The lowest BCUT2D eigenvalue weighted by Crippen LogP contribution is -2.20. The fourth-order valence-corrected chi connectivity index (χ4v) is 2.37. The molecule has 0 heterocycles. The van der Waals surface area contributed by atoms with Gasteiger partial charge in [0, 0.05) is 24.3 Å². The molecule has 0 saturated carbocycles. The van der Waals surface area contributed by atoms with Gasteiger partial charge in [0.25, 0.3) is 0 Å². The van der Waals surface area contributed by atoms with Gasteiger partial charge in [0.05, 0.1) is 20.1 Å². The van der Waals surface area contributed by atoms with Crippen molar-refractivity contribution >= 4 is 27.8 Å². The molecule has 0 fully saturated rings. The number of para-hydroxylation sites is 1. The largest absolute Gasteiger partial charge is 0.494 e. The highest BCUT2D eigenvalue weighted by Crippen LogP contribution is 2.16. The molecular formula is C14H20ClNO3S. The Hall–Kier alpha value is -0.910. The van der Waals surface area contributed by atoms with Crippen LogP contribution in [0.25, 0.3) is 0 Å². The van der Waals surface area contributed by atoms with Gasteiger partial charge in [-0.05, 0) is 35.7 Å². The van der Waals surface area contributed by atoms with E-state index in [-0.39, 0.29) is 5.97 Å². The van der Waals surface area contributed by atoms with Gasteiger partial charge in [-0.3, -0.25) is 4.79 Å². The molecule has 6 heteroatoms. The van der Waals surface area contributed by atoms with Crippen LogP contribution >= 0.6 is 21.8 Å². The summed E-state index contributed by atoms with van der Waals surface area (Å²) >= 11 is 1.13. The Kier molecular flexibility index (Phi) is 9.28. The molecule has 1 aromatic rings. The second-order valence-electron chi connectivity index (χ2n) is 4.19. The Bertz CT molecular complexity index is 378. The second kappa shape index (κ2) is 10.8. The number of halogens is 1. The molecule has 0 saturated heterocycles. The number of benzene rings is 1. The molecule has 1 aromatic carbocycles. The molecule has 0 aliphatic rings. The van der Waals surface area contributed by atoms with Gasteiger partial charge >= 0.3 is 5.97 Å². The number of unbranched alkanes of at least 4 members (excludes halogenated alkanes) is 1. The standard InChI is InChI=1S/C14H20ClNO3S/c1-18-14(17)9-11-16(20-15)10-5-6-12-19-13-7-3-2-4-8-13/h2-4,7-8H,5-6,9-12H2,1H3. The summed E-state index contributed by atoms with van der Waals surface area (Å²) in [6.45, 7) is 2.10. The van der Waals surface area contributed by atoms with E-state index in [1.807, 2.05) is 34.6 Å². The van der Waals surface area contributed by atoms with Crippen molar-refractivity contribution in [2.45, 2.75) is 19.3 Å². The van der Waals surface area contributed by atoms with Crippen molar-refractivity contribution in [2.75, 3.05) is 26.8 Å².